The van der Waals surface area contributed by atoms with Gasteiger partial charge in [0.2, 0.25) is 0 Å². The average Bonchev–Trinajstić information content (AvgIpc) is 3.64. The summed E-state index contributed by atoms with van der Waals surface area (Å²) in [7, 11) is 0. The molecule has 3 heteroatoms. The lowest BCUT2D eigenvalue weighted by atomic mass is 9.32. The van der Waals surface area contributed by atoms with Crippen molar-refractivity contribution in [3.63, 3.8) is 0 Å². The van der Waals surface area contributed by atoms with E-state index in [4.69, 9.17) is 0 Å². The molecule has 0 radical (unpaired) electrons. The summed E-state index contributed by atoms with van der Waals surface area (Å²) in [5.74, 6) is 0. The minimum atomic E-state index is -0.345. The van der Waals surface area contributed by atoms with E-state index >= 15 is 0 Å². The number of rotatable bonds is 1. The largest absolute Gasteiger partial charge is 0.311 e. The third kappa shape index (κ3) is 5.42. The van der Waals surface area contributed by atoms with Gasteiger partial charge in [-0.05, 0) is 209 Å². The zero-order valence-corrected chi connectivity index (χ0v) is 45.1. The molecule has 13 rings (SSSR count). The topological polar surface area (TPSA) is 6.48 Å². The van der Waals surface area contributed by atoms with Crippen molar-refractivity contribution in [3.8, 4) is 11.1 Å². The van der Waals surface area contributed by atoms with Crippen LogP contribution in [0, 0.1) is 6.92 Å². The molecular formula is C66H75BN2. The Morgan fingerprint density at radius 2 is 0.986 bits per heavy atom. The van der Waals surface area contributed by atoms with Crippen LogP contribution in [0.25, 0.3) is 11.1 Å². The molecule has 0 N–H and O–H groups in total. The molecule has 0 aromatic heterocycles. The maximum atomic E-state index is 2.82. The van der Waals surface area contributed by atoms with E-state index in [0.29, 0.717) is 0 Å². The number of hydrogen-bond acceptors (Lipinski definition) is 2. The van der Waals surface area contributed by atoms with Gasteiger partial charge < -0.3 is 9.80 Å². The number of benzene rings is 6. The molecule has 352 valence electrons. The van der Waals surface area contributed by atoms with Gasteiger partial charge in [0.1, 0.15) is 0 Å². The fraction of sp³-hybridized carbons (Fsp3) is 0.455. The lowest BCUT2D eigenvalue weighted by molar-refractivity contribution is 0.332. The van der Waals surface area contributed by atoms with Crippen LogP contribution in [0.1, 0.15) is 204 Å². The highest BCUT2D eigenvalue weighted by Gasteiger charge is 2.57. The minimum Gasteiger partial charge on any atom is -0.311 e. The van der Waals surface area contributed by atoms with Gasteiger partial charge in [-0.25, -0.2) is 0 Å². The monoisotopic (exact) mass is 907 g/mol. The summed E-state index contributed by atoms with van der Waals surface area (Å²) in [6, 6.07) is 35.7. The number of hydrogen-bond donors (Lipinski definition) is 0. The Balaban J connectivity index is 1.22. The Kier molecular flexibility index (Phi) is 8.22. The van der Waals surface area contributed by atoms with Crippen molar-refractivity contribution in [3.05, 3.63) is 146 Å². The number of nitrogens with zero attached hydrogens (tertiary/aromatic N) is 2. The molecular weight excluding hydrogens is 832 g/mol. The van der Waals surface area contributed by atoms with Gasteiger partial charge in [-0.1, -0.05) is 152 Å². The highest BCUT2D eigenvalue weighted by Crippen LogP contribution is 2.66. The second kappa shape index (κ2) is 12.9. The van der Waals surface area contributed by atoms with Crippen LogP contribution in [-0.4, -0.2) is 6.71 Å². The van der Waals surface area contributed by atoms with Gasteiger partial charge in [-0.15, -0.1) is 0 Å². The lowest BCUT2D eigenvalue weighted by Crippen LogP contribution is -2.63. The first-order valence-electron chi connectivity index (χ1n) is 26.7. The standard InChI is InChI=1S/C66H75BN2/c1-37-30-53-57-58-55(37)66(17)40-21-19-18-20-39(40)54-42(59(2,3)4)24-25-50(56(54)66)69(58)52-35-47-45(64(13,14)36-65(47,15)16)33-49(52)67(57)48-32-44-46(63(11,12)29-28-62(44,9)10)34-51(48)68(53)38-22-23-41-43(31-38)61(7,8)27-26-60(41,5)6/h18-25,30-35H,26-29,36H2,1-17H3. The van der Waals surface area contributed by atoms with E-state index in [-0.39, 0.29) is 50.0 Å². The first-order chi connectivity index (χ1) is 32.1. The van der Waals surface area contributed by atoms with Gasteiger partial charge in [0.05, 0.1) is 5.69 Å². The van der Waals surface area contributed by atoms with Gasteiger partial charge in [-0.3, -0.25) is 0 Å². The Labute approximate surface area is 415 Å². The number of anilines is 6. The number of fused-ring (bicyclic) bond motifs is 13. The van der Waals surface area contributed by atoms with Crippen LogP contribution in [-0.2, 0) is 43.3 Å². The zero-order chi connectivity index (χ0) is 48.9. The predicted molar refractivity (Wildman–Crippen MR) is 296 cm³/mol. The molecule has 0 bridgehead atoms. The molecule has 2 nitrogen and oxygen atoms in total. The van der Waals surface area contributed by atoms with Crippen LogP contribution >= 0.6 is 0 Å². The SMILES string of the molecule is Cc1cc2c3c4c1C1(C)c5ccccc5-c5c(C(C)(C)C)ccc(c51)N4c1cc4c(cc1B3c1cc3c(cc1N2c1ccc2c(c1)C(C)(C)CCC2(C)C)C(C)(C)CCC3(C)C)C(C)(C)CC4(C)C. The smallest absolute Gasteiger partial charge is 0.252 e. The molecule has 0 fully saturated rings. The molecule has 1 atom stereocenters. The first kappa shape index (κ1) is 44.0. The van der Waals surface area contributed by atoms with E-state index in [9.17, 15) is 0 Å². The van der Waals surface area contributed by atoms with E-state index < -0.39 is 0 Å². The third-order valence-electron chi connectivity index (χ3n) is 19.9. The summed E-state index contributed by atoms with van der Waals surface area (Å²) < 4.78 is 0. The van der Waals surface area contributed by atoms with E-state index in [1.807, 2.05) is 0 Å². The molecule has 0 spiro atoms. The molecule has 1 unspecified atom stereocenters. The van der Waals surface area contributed by atoms with Crippen molar-refractivity contribution in [2.75, 3.05) is 9.80 Å². The summed E-state index contributed by atoms with van der Waals surface area (Å²) in [5.41, 5.74) is 31.9. The highest BCUT2D eigenvalue weighted by molar-refractivity contribution is 7.00. The third-order valence-corrected chi connectivity index (χ3v) is 19.9. The Morgan fingerprint density at radius 3 is 1.59 bits per heavy atom. The molecule has 6 aromatic rings. The quantitative estimate of drug-likeness (QED) is 0.151. The van der Waals surface area contributed by atoms with Crippen molar-refractivity contribution >= 4 is 57.2 Å². The van der Waals surface area contributed by atoms with E-state index in [1.165, 1.54) is 143 Å². The molecule has 7 aliphatic rings. The molecule has 0 saturated carbocycles. The second-order valence-corrected chi connectivity index (χ2v) is 28.4. The maximum absolute atomic E-state index is 2.82. The Bertz CT molecular complexity index is 3340. The van der Waals surface area contributed by atoms with Crippen molar-refractivity contribution < 1.29 is 0 Å². The van der Waals surface area contributed by atoms with Crippen LogP contribution in [0.15, 0.2) is 84.9 Å². The normalized spacial score (nSPS) is 23.2. The average molecular weight is 907 g/mol. The van der Waals surface area contributed by atoms with Crippen LogP contribution in [0.4, 0.5) is 34.1 Å². The van der Waals surface area contributed by atoms with Gasteiger partial charge >= 0.3 is 0 Å². The minimum absolute atomic E-state index is 0.0282. The van der Waals surface area contributed by atoms with Crippen LogP contribution in [0.3, 0.4) is 0 Å². The molecule has 4 aliphatic carbocycles. The summed E-state index contributed by atoms with van der Waals surface area (Å²) >= 11 is 0. The van der Waals surface area contributed by atoms with Crippen molar-refractivity contribution in [1.82, 2.24) is 0 Å². The molecule has 6 aromatic carbocycles. The van der Waals surface area contributed by atoms with E-state index in [1.54, 1.807) is 5.56 Å². The molecule has 3 heterocycles. The van der Waals surface area contributed by atoms with Crippen LogP contribution in [0.2, 0.25) is 0 Å². The summed E-state index contributed by atoms with van der Waals surface area (Å²) in [5, 5.41) is 0. The van der Waals surface area contributed by atoms with Gasteiger partial charge in [0.25, 0.3) is 6.71 Å². The van der Waals surface area contributed by atoms with Crippen molar-refractivity contribution in [2.45, 2.75) is 193 Å². The van der Waals surface area contributed by atoms with Crippen molar-refractivity contribution in [2.24, 2.45) is 0 Å². The molecule has 0 saturated heterocycles. The Hall–Kier alpha value is -5.02. The molecule has 69 heavy (non-hydrogen) atoms. The molecule has 0 amide bonds. The van der Waals surface area contributed by atoms with Crippen molar-refractivity contribution in [1.29, 1.82) is 0 Å². The van der Waals surface area contributed by atoms with Gasteiger partial charge in [-0.2, -0.15) is 0 Å². The van der Waals surface area contributed by atoms with Gasteiger partial charge in [0.15, 0.2) is 0 Å². The van der Waals surface area contributed by atoms with E-state index in [2.05, 4.69) is 212 Å². The summed E-state index contributed by atoms with van der Waals surface area (Å²) in [6.07, 6.45) is 5.92. The Morgan fingerprint density at radius 1 is 0.464 bits per heavy atom. The highest BCUT2D eigenvalue weighted by atomic mass is 15.2. The number of aryl methyl sites for hydroxylation is 1. The molecule has 3 aliphatic heterocycles. The summed E-state index contributed by atoms with van der Waals surface area (Å²) in [6.45, 7) is 42.3. The fourth-order valence-electron chi connectivity index (χ4n) is 16.3. The predicted octanol–water partition coefficient (Wildman–Crippen LogP) is 15.7. The van der Waals surface area contributed by atoms with Gasteiger partial charge in [0, 0.05) is 33.9 Å². The zero-order valence-electron chi connectivity index (χ0n) is 45.1. The first-order valence-corrected chi connectivity index (χ1v) is 26.7. The lowest BCUT2D eigenvalue weighted by Gasteiger charge is -2.52. The summed E-state index contributed by atoms with van der Waals surface area (Å²) in [4.78, 5) is 5.59. The van der Waals surface area contributed by atoms with E-state index in [0.717, 1.165) is 6.42 Å². The fourth-order valence-corrected chi connectivity index (χ4v) is 16.3. The van der Waals surface area contributed by atoms with Crippen LogP contribution in [0.5, 0.6) is 0 Å². The second-order valence-electron chi connectivity index (χ2n) is 28.4. The van der Waals surface area contributed by atoms with Crippen LogP contribution < -0.4 is 26.2 Å². The maximum Gasteiger partial charge on any atom is 0.252 e.